The average Bonchev–Trinajstić information content (AvgIpc) is 2.60. The molecular weight excluding hydrogens is 216 g/mol. The summed E-state index contributed by atoms with van der Waals surface area (Å²) < 4.78 is 0. The number of carbonyl (C=O) groups is 2. The van der Waals surface area contributed by atoms with Crippen molar-refractivity contribution >= 4 is 11.8 Å². The SMILES string of the molecule is C=CCNC(C)N1C(=O)c2ccccc2C1=O. The summed E-state index contributed by atoms with van der Waals surface area (Å²) in [6, 6.07) is 6.87. The molecule has 1 aliphatic rings. The van der Waals surface area contributed by atoms with Crippen LogP contribution in [0.2, 0.25) is 0 Å². The molecule has 17 heavy (non-hydrogen) atoms. The van der Waals surface area contributed by atoms with Crippen LogP contribution >= 0.6 is 0 Å². The maximum absolute atomic E-state index is 12.1. The normalized spacial score (nSPS) is 15.9. The van der Waals surface area contributed by atoms with Crippen molar-refractivity contribution in [3.63, 3.8) is 0 Å². The van der Waals surface area contributed by atoms with E-state index in [-0.39, 0.29) is 18.0 Å². The molecule has 1 N–H and O–H groups in total. The zero-order chi connectivity index (χ0) is 12.4. The lowest BCUT2D eigenvalue weighted by atomic mass is 10.1. The van der Waals surface area contributed by atoms with E-state index in [1.807, 2.05) is 0 Å². The van der Waals surface area contributed by atoms with Gasteiger partial charge in [-0.25, -0.2) is 0 Å². The van der Waals surface area contributed by atoms with Gasteiger partial charge in [0.2, 0.25) is 0 Å². The second-order valence-corrected chi connectivity index (χ2v) is 3.90. The Morgan fingerprint density at radius 2 is 1.82 bits per heavy atom. The van der Waals surface area contributed by atoms with Gasteiger partial charge in [-0.3, -0.25) is 19.8 Å². The quantitative estimate of drug-likeness (QED) is 0.628. The van der Waals surface area contributed by atoms with Gasteiger partial charge < -0.3 is 0 Å². The number of hydrogen-bond donors (Lipinski definition) is 1. The van der Waals surface area contributed by atoms with Gasteiger partial charge in [-0.2, -0.15) is 0 Å². The van der Waals surface area contributed by atoms with E-state index in [2.05, 4.69) is 11.9 Å². The Labute approximate surface area is 99.9 Å². The van der Waals surface area contributed by atoms with Gasteiger partial charge in [0, 0.05) is 6.54 Å². The van der Waals surface area contributed by atoms with E-state index < -0.39 is 0 Å². The molecular formula is C13H14N2O2. The van der Waals surface area contributed by atoms with Crippen LogP contribution in [0.5, 0.6) is 0 Å². The predicted octanol–water partition coefficient (Wildman–Crippen LogP) is 1.40. The lowest BCUT2D eigenvalue weighted by Crippen LogP contribution is -2.46. The number of carbonyl (C=O) groups excluding carboxylic acids is 2. The Balaban J connectivity index is 2.26. The minimum atomic E-state index is -0.333. The van der Waals surface area contributed by atoms with Crippen molar-refractivity contribution in [3.8, 4) is 0 Å². The highest BCUT2D eigenvalue weighted by molar-refractivity contribution is 6.21. The third-order valence-electron chi connectivity index (χ3n) is 2.77. The molecule has 88 valence electrons. The van der Waals surface area contributed by atoms with Crippen molar-refractivity contribution in [1.82, 2.24) is 10.2 Å². The number of nitrogens with zero attached hydrogens (tertiary/aromatic N) is 1. The van der Waals surface area contributed by atoms with Crippen molar-refractivity contribution in [2.45, 2.75) is 13.1 Å². The summed E-state index contributed by atoms with van der Waals surface area (Å²) in [6.07, 6.45) is 1.36. The maximum Gasteiger partial charge on any atom is 0.262 e. The Bertz CT molecular complexity index is 447. The number of amides is 2. The molecule has 1 unspecified atom stereocenters. The molecule has 0 spiro atoms. The highest BCUT2D eigenvalue weighted by atomic mass is 16.2. The molecule has 1 aromatic rings. The number of benzene rings is 1. The molecule has 0 saturated carbocycles. The second kappa shape index (κ2) is 4.51. The van der Waals surface area contributed by atoms with Crippen LogP contribution in [0.1, 0.15) is 27.6 Å². The summed E-state index contributed by atoms with van der Waals surface area (Å²) in [5.41, 5.74) is 0.953. The van der Waals surface area contributed by atoms with Crippen LogP contribution in [0.15, 0.2) is 36.9 Å². The zero-order valence-corrected chi connectivity index (χ0v) is 9.64. The van der Waals surface area contributed by atoms with Crippen LogP contribution in [-0.4, -0.2) is 29.4 Å². The van der Waals surface area contributed by atoms with Crippen molar-refractivity contribution in [2.24, 2.45) is 0 Å². The molecule has 4 nitrogen and oxygen atoms in total. The predicted molar refractivity (Wildman–Crippen MR) is 64.6 cm³/mol. The van der Waals surface area contributed by atoms with Crippen LogP contribution in [0.4, 0.5) is 0 Å². The molecule has 0 aromatic heterocycles. The average molecular weight is 230 g/mol. The highest BCUT2D eigenvalue weighted by Crippen LogP contribution is 2.23. The van der Waals surface area contributed by atoms with Crippen molar-refractivity contribution < 1.29 is 9.59 Å². The first-order valence-corrected chi connectivity index (χ1v) is 5.48. The Morgan fingerprint density at radius 3 is 2.29 bits per heavy atom. The van der Waals surface area contributed by atoms with E-state index in [0.717, 1.165) is 0 Å². The Hall–Kier alpha value is -1.94. The van der Waals surface area contributed by atoms with E-state index in [4.69, 9.17) is 0 Å². The number of nitrogens with one attached hydrogen (secondary N) is 1. The largest absolute Gasteiger partial charge is 0.294 e. The Morgan fingerprint density at radius 1 is 1.29 bits per heavy atom. The van der Waals surface area contributed by atoms with E-state index in [9.17, 15) is 9.59 Å². The summed E-state index contributed by atoms with van der Waals surface area (Å²) in [5.74, 6) is -0.482. The first-order valence-electron chi connectivity index (χ1n) is 5.48. The minimum Gasteiger partial charge on any atom is -0.294 e. The highest BCUT2D eigenvalue weighted by Gasteiger charge is 2.37. The molecule has 0 saturated heterocycles. The third-order valence-corrected chi connectivity index (χ3v) is 2.77. The van der Waals surface area contributed by atoms with Crippen LogP contribution in [0, 0.1) is 0 Å². The summed E-state index contributed by atoms with van der Waals surface area (Å²) in [6.45, 7) is 5.92. The second-order valence-electron chi connectivity index (χ2n) is 3.90. The number of fused-ring (bicyclic) bond motifs is 1. The molecule has 0 fully saturated rings. The molecule has 2 amide bonds. The van der Waals surface area contributed by atoms with Gasteiger partial charge in [-0.15, -0.1) is 6.58 Å². The zero-order valence-electron chi connectivity index (χ0n) is 9.64. The monoisotopic (exact) mass is 230 g/mol. The molecule has 0 aliphatic carbocycles. The number of rotatable bonds is 4. The summed E-state index contributed by atoms with van der Waals surface area (Å²) in [4.78, 5) is 25.3. The molecule has 1 aliphatic heterocycles. The van der Waals surface area contributed by atoms with Gasteiger partial charge in [0.15, 0.2) is 0 Å². The molecule has 1 heterocycles. The Kier molecular flexibility index (Phi) is 3.06. The summed E-state index contributed by atoms with van der Waals surface area (Å²) in [5, 5.41) is 3.04. The van der Waals surface area contributed by atoms with Crippen LogP contribution in [0.3, 0.4) is 0 Å². The van der Waals surface area contributed by atoms with Crippen LogP contribution in [0.25, 0.3) is 0 Å². The topological polar surface area (TPSA) is 49.4 Å². The number of hydrogen-bond acceptors (Lipinski definition) is 3. The van der Waals surface area contributed by atoms with Gasteiger partial charge in [-0.1, -0.05) is 18.2 Å². The standard InChI is InChI=1S/C13H14N2O2/c1-3-8-14-9(2)15-12(16)10-6-4-5-7-11(10)13(15)17/h3-7,9,14H,1,8H2,2H3. The fraction of sp³-hybridized carbons (Fsp3) is 0.231. The van der Waals surface area contributed by atoms with E-state index >= 15 is 0 Å². The molecule has 4 heteroatoms. The van der Waals surface area contributed by atoms with Gasteiger partial charge in [-0.05, 0) is 19.1 Å². The molecule has 1 aromatic carbocycles. The van der Waals surface area contributed by atoms with Gasteiger partial charge in [0.25, 0.3) is 11.8 Å². The van der Waals surface area contributed by atoms with Crippen molar-refractivity contribution in [3.05, 3.63) is 48.0 Å². The van der Waals surface area contributed by atoms with Crippen molar-refractivity contribution in [2.75, 3.05) is 6.54 Å². The number of imide groups is 1. The first-order chi connectivity index (χ1) is 8.16. The first kappa shape index (κ1) is 11.5. The summed E-state index contributed by atoms with van der Waals surface area (Å²) in [7, 11) is 0. The molecule has 1 atom stereocenters. The fourth-order valence-electron chi connectivity index (χ4n) is 1.90. The lowest BCUT2D eigenvalue weighted by Gasteiger charge is -2.22. The van der Waals surface area contributed by atoms with E-state index in [1.54, 1.807) is 37.3 Å². The molecule has 0 bridgehead atoms. The van der Waals surface area contributed by atoms with E-state index in [0.29, 0.717) is 17.7 Å². The van der Waals surface area contributed by atoms with Gasteiger partial charge in [0.1, 0.15) is 0 Å². The smallest absolute Gasteiger partial charge is 0.262 e. The minimum absolute atomic E-state index is 0.241. The van der Waals surface area contributed by atoms with Gasteiger partial charge >= 0.3 is 0 Å². The summed E-state index contributed by atoms with van der Waals surface area (Å²) >= 11 is 0. The van der Waals surface area contributed by atoms with Gasteiger partial charge in [0.05, 0.1) is 17.3 Å². The van der Waals surface area contributed by atoms with E-state index in [1.165, 1.54) is 4.90 Å². The van der Waals surface area contributed by atoms with Crippen LogP contribution < -0.4 is 5.32 Å². The molecule has 2 rings (SSSR count). The fourth-order valence-corrected chi connectivity index (χ4v) is 1.90. The lowest BCUT2D eigenvalue weighted by molar-refractivity contribution is 0.0573. The van der Waals surface area contributed by atoms with Crippen LogP contribution in [-0.2, 0) is 0 Å². The maximum atomic E-state index is 12.1. The van der Waals surface area contributed by atoms with Crippen molar-refractivity contribution in [1.29, 1.82) is 0 Å². The third kappa shape index (κ3) is 1.87. The molecule has 0 radical (unpaired) electrons.